The molecule has 4 aromatic carbocycles. The van der Waals surface area contributed by atoms with Gasteiger partial charge in [0.1, 0.15) is 0 Å². The first-order valence-electron chi connectivity index (χ1n) is 10.8. The van der Waals surface area contributed by atoms with Gasteiger partial charge in [0, 0.05) is 5.56 Å². The summed E-state index contributed by atoms with van der Waals surface area (Å²) < 4.78 is 27.3. The second kappa shape index (κ2) is 9.46. The molecular weight excluding hydrogens is 432 g/mol. The number of anilines is 1. The van der Waals surface area contributed by atoms with Crippen molar-refractivity contribution in [1.29, 1.82) is 0 Å². The number of nitrogens with one attached hydrogen (secondary N) is 2. The highest BCUT2D eigenvalue weighted by Crippen LogP contribution is 2.38. The van der Waals surface area contributed by atoms with Gasteiger partial charge < -0.3 is 5.32 Å². The van der Waals surface area contributed by atoms with Crippen LogP contribution in [0.1, 0.15) is 35.3 Å². The van der Waals surface area contributed by atoms with Gasteiger partial charge in [-0.15, -0.1) is 0 Å². The molecule has 0 aliphatic carbocycles. The van der Waals surface area contributed by atoms with Gasteiger partial charge >= 0.3 is 0 Å². The van der Waals surface area contributed by atoms with Crippen LogP contribution < -0.4 is 10.0 Å². The molecule has 0 heterocycles. The van der Waals surface area contributed by atoms with E-state index in [1.807, 2.05) is 97.9 Å². The fourth-order valence-corrected chi connectivity index (χ4v) is 4.64. The fraction of sp³-hybridized carbons (Fsp3) is 0.148. The highest BCUT2D eigenvalue weighted by atomic mass is 32.2. The van der Waals surface area contributed by atoms with Gasteiger partial charge in [-0.05, 0) is 34.4 Å². The molecule has 0 aromatic heterocycles. The second-order valence-electron chi connectivity index (χ2n) is 7.98. The van der Waals surface area contributed by atoms with Gasteiger partial charge in [-0.3, -0.25) is 9.52 Å². The first kappa shape index (κ1) is 22.6. The lowest BCUT2D eigenvalue weighted by molar-refractivity contribution is 0.0938. The molecule has 0 radical (unpaired) electrons. The van der Waals surface area contributed by atoms with Crippen molar-refractivity contribution in [2.24, 2.45) is 0 Å². The monoisotopic (exact) mass is 458 g/mol. The molecule has 4 rings (SSSR count). The van der Waals surface area contributed by atoms with Gasteiger partial charge in [-0.25, -0.2) is 8.42 Å². The van der Waals surface area contributed by atoms with E-state index >= 15 is 0 Å². The Morgan fingerprint density at radius 1 is 0.879 bits per heavy atom. The quantitative estimate of drug-likeness (QED) is 0.370. The lowest BCUT2D eigenvalue weighted by Crippen LogP contribution is -2.29. The van der Waals surface area contributed by atoms with E-state index in [2.05, 4.69) is 10.0 Å². The third-order valence-electron chi connectivity index (χ3n) is 5.56. The van der Waals surface area contributed by atoms with Crippen molar-refractivity contribution < 1.29 is 13.2 Å². The smallest absolute Gasteiger partial charge is 0.254 e. The summed E-state index contributed by atoms with van der Waals surface area (Å²) in [6, 6.07) is 28.5. The van der Waals surface area contributed by atoms with Crippen molar-refractivity contribution in [1.82, 2.24) is 5.32 Å². The summed E-state index contributed by atoms with van der Waals surface area (Å²) in [5.41, 5.74) is 3.06. The van der Waals surface area contributed by atoms with Crippen molar-refractivity contribution in [3.8, 4) is 11.1 Å². The minimum Gasteiger partial charge on any atom is -0.345 e. The van der Waals surface area contributed by atoms with Gasteiger partial charge in [0.15, 0.2) is 0 Å². The molecule has 0 fully saturated rings. The van der Waals surface area contributed by atoms with Crippen LogP contribution >= 0.6 is 0 Å². The predicted molar refractivity (Wildman–Crippen MR) is 135 cm³/mol. The van der Waals surface area contributed by atoms with Crippen LogP contribution in [-0.2, 0) is 10.0 Å². The maximum Gasteiger partial charge on any atom is 0.254 e. The SMILES string of the molecule is CC[C@H](NC(=O)c1c(NS(C)(=O)=O)c(-c2ccccc2)cc2ccccc12)c1ccccc1. The maximum absolute atomic E-state index is 13.7. The van der Waals surface area contributed by atoms with E-state index in [0.717, 1.165) is 22.8 Å². The van der Waals surface area contributed by atoms with Crippen LogP contribution in [0.3, 0.4) is 0 Å². The molecule has 168 valence electrons. The van der Waals surface area contributed by atoms with Crippen LogP contribution in [0.5, 0.6) is 0 Å². The van der Waals surface area contributed by atoms with E-state index in [-0.39, 0.29) is 17.6 Å². The number of hydrogen-bond acceptors (Lipinski definition) is 3. The average Bonchev–Trinajstić information content (AvgIpc) is 2.82. The van der Waals surface area contributed by atoms with E-state index < -0.39 is 10.0 Å². The highest BCUT2D eigenvalue weighted by molar-refractivity contribution is 7.92. The van der Waals surface area contributed by atoms with Crippen molar-refractivity contribution in [2.75, 3.05) is 11.0 Å². The first-order chi connectivity index (χ1) is 15.9. The number of rotatable bonds is 7. The summed E-state index contributed by atoms with van der Waals surface area (Å²) in [5.74, 6) is -0.328. The summed E-state index contributed by atoms with van der Waals surface area (Å²) in [6.07, 6.45) is 1.79. The molecule has 5 nitrogen and oxygen atoms in total. The molecule has 0 aliphatic heterocycles. The third kappa shape index (κ3) is 5.07. The molecule has 1 atom stereocenters. The molecule has 0 unspecified atom stereocenters. The molecular formula is C27H26N2O3S. The van der Waals surface area contributed by atoms with Crippen LogP contribution in [0.25, 0.3) is 21.9 Å². The molecule has 6 heteroatoms. The first-order valence-corrected chi connectivity index (χ1v) is 12.7. The molecule has 0 spiro atoms. The van der Waals surface area contributed by atoms with Gasteiger partial charge in [0.25, 0.3) is 5.91 Å². The van der Waals surface area contributed by atoms with E-state index in [4.69, 9.17) is 0 Å². The summed E-state index contributed by atoms with van der Waals surface area (Å²) in [6.45, 7) is 2.01. The van der Waals surface area contributed by atoms with Crippen molar-refractivity contribution in [2.45, 2.75) is 19.4 Å². The molecule has 1 amide bonds. The summed E-state index contributed by atoms with van der Waals surface area (Å²) >= 11 is 0. The van der Waals surface area contributed by atoms with Crippen molar-refractivity contribution >= 4 is 32.4 Å². The van der Waals surface area contributed by atoms with Gasteiger partial charge in [-0.1, -0.05) is 91.9 Å². The highest BCUT2D eigenvalue weighted by Gasteiger charge is 2.24. The van der Waals surface area contributed by atoms with E-state index in [1.165, 1.54) is 0 Å². The van der Waals surface area contributed by atoms with E-state index in [1.54, 1.807) is 0 Å². The van der Waals surface area contributed by atoms with Crippen LogP contribution in [0.15, 0.2) is 91.0 Å². The van der Waals surface area contributed by atoms with E-state index in [0.29, 0.717) is 22.9 Å². The Kier molecular flexibility index (Phi) is 6.47. The normalized spacial score (nSPS) is 12.3. The lowest BCUT2D eigenvalue weighted by atomic mass is 9.93. The average molecular weight is 459 g/mol. The summed E-state index contributed by atoms with van der Waals surface area (Å²) in [7, 11) is -3.65. The Labute approximate surface area is 194 Å². The molecule has 4 aromatic rings. The van der Waals surface area contributed by atoms with Gasteiger partial charge in [-0.2, -0.15) is 0 Å². The topological polar surface area (TPSA) is 75.3 Å². The summed E-state index contributed by atoms with van der Waals surface area (Å²) in [5, 5.41) is 4.66. The molecule has 2 N–H and O–H groups in total. The zero-order valence-electron chi connectivity index (χ0n) is 18.6. The Balaban J connectivity index is 1.93. The van der Waals surface area contributed by atoms with Gasteiger partial charge in [0.05, 0.1) is 23.5 Å². The van der Waals surface area contributed by atoms with Crippen molar-refractivity contribution in [3.05, 3.63) is 102 Å². The number of benzene rings is 4. The minimum atomic E-state index is -3.65. The van der Waals surface area contributed by atoms with E-state index in [9.17, 15) is 13.2 Å². The van der Waals surface area contributed by atoms with Crippen LogP contribution in [-0.4, -0.2) is 20.6 Å². The second-order valence-corrected chi connectivity index (χ2v) is 9.73. The Bertz CT molecular complexity index is 1390. The number of carbonyl (C=O) groups excluding carboxylic acids is 1. The summed E-state index contributed by atoms with van der Waals surface area (Å²) in [4.78, 5) is 13.7. The standard InChI is InChI=1S/C27H26N2O3S/c1-3-24(20-14-8-5-9-15-20)28-27(30)25-22-17-11-10-16-21(22)18-23(19-12-6-4-7-13-19)26(25)29-33(2,31)32/h4-18,24,29H,3H2,1-2H3,(H,28,30)/t24-/m0/s1. The molecule has 0 saturated carbocycles. The largest absolute Gasteiger partial charge is 0.345 e. The zero-order valence-corrected chi connectivity index (χ0v) is 19.4. The number of hydrogen-bond donors (Lipinski definition) is 2. The van der Waals surface area contributed by atoms with Crippen LogP contribution in [0.2, 0.25) is 0 Å². The molecule has 0 saturated heterocycles. The number of sulfonamides is 1. The lowest BCUT2D eigenvalue weighted by Gasteiger charge is -2.22. The number of amides is 1. The Morgan fingerprint density at radius 2 is 1.48 bits per heavy atom. The molecule has 0 bridgehead atoms. The van der Waals surface area contributed by atoms with Crippen LogP contribution in [0.4, 0.5) is 5.69 Å². The molecule has 0 aliphatic rings. The fourth-order valence-electron chi connectivity index (χ4n) is 4.06. The van der Waals surface area contributed by atoms with Crippen molar-refractivity contribution in [3.63, 3.8) is 0 Å². The Morgan fingerprint density at radius 3 is 2.12 bits per heavy atom. The minimum absolute atomic E-state index is 0.205. The predicted octanol–water partition coefficient (Wildman–Crippen LogP) is 5.76. The maximum atomic E-state index is 13.7. The zero-order chi connectivity index (χ0) is 23.4. The Hall–Kier alpha value is -3.64. The number of fused-ring (bicyclic) bond motifs is 1. The molecule has 33 heavy (non-hydrogen) atoms. The van der Waals surface area contributed by atoms with Crippen LogP contribution in [0, 0.1) is 0 Å². The number of carbonyl (C=O) groups is 1. The van der Waals surface area contributed by atoms with Gasteiger partial charge in [0.2, 0.25) is 10.0 Å². The third-order valence-corrected chi connectivity index (χ3v) is 6.14.